The zero-order valence-electron chi connectivity index (χ0n) is 17.9. The molecule has 2 aromatic heterocycles. The van der Waals surface area contributed by atoms with Crippen LogP contribution in [0.4, 0.5) is 17.6 Å². The maximum absolute atomic E-state index is 8.97. The molecule has 2 aromatic carbocycles. The van der Waals surface area contributed by atoms with Crippen molar-refractivity contribution in [3.05, 3.63) is 75.4 Å². The molecule has 4 rings (SSSR count). The molecule has 160 valence electrons. The number of hydrogen-bond donors (Lipinski definition) is 2. The predicted octanol–water partition coefficient (Wildman–Crippen LogP) is 5.81. The molecule has 0 bridgehead atoms. The largest absolute Gasteiger partial charge is 0.383 e. The van der Waals surface area contributed by atoms with E-state index in [1.807, 2.05) is 50.3 Å². The van der Waals surface area contributed by atoms with E-state index < -0.39 is 0 Å². The van der Waals surface area contributed by atoms with Crippen molar-refractivity contribution in [1.29, 1.82) is 10.5 Å². The van der Waals surface area contributed by atoms with Crippen LogP contribution in [0.15, 0.2) is 53.1 Å². The Hall–Kier alpha value is -4.27. The van der Waals surface area contributed by atoms with Crippen LogP contribution >= 0.6 is 15.9 Å². The third kappa shape index (κ3) is 4.52. The Bertz CT molecular complexity index is 1470. The van der Waals surface area contributed by atoms with Crippen molar-refractivity contribution in [2.75, 3.05) is 11.1 Å². The normalized spacial score (nSPS) is 10.8. The van der Waals surface area contributed by atoms with Crippen molar-refractivity contribution in [1.82, 2.24) is 15.0 Å². The first-order chi connectivity index (χ1) is 15.9. The van der Waals surface area contributed by atoms with Gasteiger partial charge in [0.25, 0.3) is 0 Å². The Labute approximate surface area is 199 Å². The topological polar surface area (TPSA) is 124 Å². The second-order valence-electron chi connectivity index (χ2n) is 7.44. The Balaban J connectivity index is 1.88. The highest BCUT2D eigenvalue weighted by Crippen LogP contribution is 2.37. The molecule has 0 radical (unpaired) electrons. The quantitative estimate of drug-likeness (QED) is 0.342. The Morgan fingerprint density at radius 2 is 1.82 bits per heavy atom. The van der Waals surface area contributed by atoms with Crippen molar-refractivity contribution < 1.29 is 0 Å². The van der Waals surface area contributed by atoms with E-state index in [1.165, 1.54) is 12.3 Å². The molecule has 0 unspecified atom stereocenters. The van der Waals surface area contributed by atoms with Crippen molar-refractivity contribution in [2.24, 2.45) is 0 Å². The van der Waals surface area contributed by atoms with Crippen LogP contribution in [0.2, 0.25) is 0 Å². The number of nitriles is 2. The van der Waals surface area contributed by atoms with Crippen molar-refractivity contribution in [3.63, 3.8) is 0 Å². The van der Waals surface area contributed by atoms with Crippen LogP contribution in [0.1, 0.15) is 22.3 Å². The minimum absolute atomic E-state index is 0.310. The Kier molecular flexibility index (Phi) is 6.03. The van der Waals surface area contributed by atoms with Gasteiger partial charge in [0.15, 0.2) is 0 Å². The van der Waals surface area contributed by atoms with Crippen molar-refractivity contribution in [2.45, 2.75) is 13.8 Å². The zero-order valence-corrected chi connectivity index (χ0v) is 19.5. The standard InChI is InChI=1S/C25H18BrN7/c1-14-8-16(4-3-7-27)9-15(2)22(14)19-10-18(26)11-20-23(19)32-25(33-24(20)29)31-21-6-5-17(12-28)13-30-21/h3-6,8-11,13H,1-2H3,(H3,29,30,31,32,33)/b4-3+. The van der Waals surface area contributed by atoms with Gasteiger partial charge in [-0.1, -0.05) is 28.1 Å². The van der Waals surface area contributed by atoms with Gasteiger partial charge in [-0.15, -0.1) is 0 Å². The molecular formula is C25H18BrN7. The number of hydrogen-bond acceptors (Lipinski definition) is 7. The molecule has 0 fully saturated rings. The molecule has 0 spiro atoms. The van der Waals surface area contributed by atoms with Crippen LogP contribution < -0.4 is 11.1 Å². The number of benzene rings is 2. The molecule has 0 aliphatic rings. The Morgan fingerprint density at radius 1 is 1.06 bits per heavy atom. The SMILES string of the molecule is Cc1cc(/C=C/C#N)cc(C)c1-c1cc(Br)cc2c(N)nc(Nc3ccc(C#N)cn3)nc12. The number of halogens is 1. The van der Waals surface area contributed by atoms with Gasteiger partial charge in [-0.25, -0.2) is 9.97 Å². The molecule has 0 saturated carbocycles. The molecule has 8 heteroatoms. The second kappa shape index (κ2) is 9.07. The second-order valence-corrected chi connectivity index (χ2v) is 8.36. The molecule has 3 N–H and O–H groups in total. The lowest BCUT2D eigenvalue weighted by atomic mass is 9.92. The van der Waals surface area contributed by atoms with Gasteiger partial charge in [0.1, 0.15) is 17.7 Å². The van der Waals surface area contributed by atoms with Gasteiger partial charge in [0.2, 0.25) is 5.95 Å². The highest BCUT2D eigenvalue weighted by Gasteiger charge is 2.16. The molecule has 7 nitrogen and oxygen atoms in total. The summed E-state index contributed by atoms with van der Waals surface area (Å²) in [6.07, 6.45) is 4.73. The van der Waals surface area contributed by atoms with Gasteiger partial charge in [-0.2, -0.15) is 15.5 Å². The highest BCUT2D eigenvalue weighted by molar-refractivity contribution is 9.10. The van der Waals surface area contributed by atoms with E-state index in [1.54, 1.807) is 18.2 Å². The fourth-order valence-electron chi connectivity index (χ4n) is 3.77. The van der Waals surface area contributed by atoms with Gasteiger partial charge in [0.05, 0.1) is 17.1 Å². The first-order valence-electron chi connectivity index (χ1n) is 9.97. The van der Waals surface area contributed by atoms with Gasteiger partial charge in [-0.3, -0.25) is 0 Å². The first-order valence-corrected chi connectivity index (χ1v) is 10.8. The van der Waals surface area contributed by atoms with Crippen LogP contribution in [0.3, 0.4) is 0 Å². The fourth-order valence-corrected chi connectivity index (χ4v) is 4.22. The molecule has 0 atom stereocenters. The van der Waals surface area contributed by atoms with E-state index in [9.17, 15) is 0 Å². The molecule has 0 aliphatic heterocycles. The summed E-state index contributed by atoms with van der Waals surface area (Å²) in [7, 11) is 0. The number of aromatic nitrogens is 3. The van der Waals surface area contributed by atoms with Crippen LogP contribution in [0.5, 0.6) is 0 Å². The van der Waals surface area contributed by atoms with Crippen LogP contribution in [-0.2, 0) is 0 Å². The number of pyridine rings is 1. The van der Waals surface area contributed by atoms with E-state index in [2.05, 4.69) is 31.2 Å². The van der Waals surface area contributed by atoms with E-state index in [0.717, 1.165) is 37.7 Å². The number of nitrogen functional groups attached to an aromatic ring is 1. The number of aryl methyl sites for hydroxylation is 2. The molecule has 0 saturated heterocycles. The summed E-state index contributed by atoms with van der Waals surface area (Å²) in [5.41, 5.74) is 12.5. The summed E-state index contributed by atoms with van der Waals surface area (Å²) in [4.78, 5) is 13.4. The minimum atomic E-state index is 0.310. The van der Waals surface area contributed by atoms with E-state index >= 15 is 0 Å². The zero-order chi connectivity index (χ0) is 23.5. The molecule has 0 amide bonds. The van der Waals surface area contributed by atoms with Crippen LogP contribution in [-0.4, -0.2) is 15.0 Å². The molecular weight excluding hydrogens is 478 g/mol. The number of nitrogens with one attached hydrogen (secondary N) is 1. The van der Waals surface area contributed by atoms with Crippen molar-refractivity contribution in [3.8, 4) is 23.3 Å². The number of nitrogens with two attached hydrogens (primary N) is 1. The van der Waals surface area contributed by atoms with Gasteiger partial charge in [0, 0.05) is 27.7 Å². The third-order valence-corrected chi connectivity index (χ3v) is 5.56. The van der Waals surface area contributed by atoms with Gasteiger partial charge >= 0.3 is 0 Å². The fraction of sp³-hybridized carbons (Fsp3) is 0.0800. The summed E-state index contributed by atoms with van der Waals surface area (Å²) in [5.74, 6) is 1.15. The molecule has 4 aromatic rings. The van der Waals surface area contributed by atoms with Gasteiger partial charge in [-0.05, 0) is 66.4 Å². The van der Waals surface area contributed by atoms with Crippen molar-refractivity contribution >= 4 is 50.5 Å². The highest BCUT2D eigenvalue weighted by atomic mass is 79.9. The van der Waals surface area contributed by atoms with Crippen LogP contribution in [0, 0.1) is 36.5 Å². The lowest BCUT2D eigenvalue weighted by Gasteiger charge is -2.16. The minimum Gasteiger partial charge on any atom is -0.383 e. The maximum atomic E-state index is 8.97. The number of fused-ring (bicyclic) bond motifs is 1. The summed E-state index contributed by atoms with van der Waals surface area (Å²) < 4.78 is 0.863. The number of anilines is 3. The van der Waals surface area contributed by atoms with E-state index in [4.69, 9.17) is 21.2 Å². The Morgan fingerprint density at radius 3 is 2.45 bits per heavy atom. The number of nitrogens with zero attached hydrogens (tertiary/aromatic N) is 5. The third-order valence-electron chi connectivity index (χ3n) is 5.10. The monoisotopic (exact) mass is 495 g/mol. The average molecular weight is 496 g/mol. The smallest absolute Gasteiger partial charge is 0.230 e. The average Bonchev–Trinajstić information content (AvgIpc) is 2.78. The molecule has 2 heterocycles. The predicted molar refractivity (Wildman–Crippen MR) is 133 cm³/mol. The lowest BCUT2D eigenvalue weighted by molar-refractivity contribution is 1.19. The van der Waals surface area contributed by atoms with E-state index in [-0.39, 0.29) is 0 Å². The molecule has 0 aliphatic carbocycles. The summed E-state index contributed by atoms with van der Waals surface area (Å²) in [6.45, 7) is 4.06. The summed E-state index contributed by atoms with van der Waals surface area (Å²) >= 11 is 3.59. The number of rotatable bonds is 4. The van der Waals surface area contributed by atoms with E-state index in [0.29, 0.717) is 28.7 Å². The molecule has 33 heavy (non-hydrogen) atoms. The van der Waals surface area contributed by atoms with Gasteiger partial charge < -0.3 is 11.1 Å². The van der Waals surface area contributed by atoms with Crippen LogP contribution in [0.25, 0.3) is 28.1 Å². The maximum Gasteiger partial charge on any atom is 0.230 e. The lowest BCUT2D eigenvalue weighted by Crippen LogP contribution is -2.04. The summed E-state index contributed by atoms with van der Waals surface area (Å²) in [6, 6.07) is 15.4. The first kappa shape index (κ1) is 21.9. The summed E-state index contributed by atoms with van der Waals surface area (Å²) in [5, 5.41) is 21.6. The number of allylic oxidation sites excluding steroid dienone is 1.